The first kappa shape index (κ1) is 13.5. The highest BCUT2D eigenvalue weighted by atomic mass is 79.9. The Balaban J connectivity index is 2.38. The van der Waals surface area contributed by atoms with Crippen LogP contribution in [0.3, 0.4) is 0 Å². The number of aryl methyl sites for hydroxylation is 1. The smallest absolute Gasteiger partial charge is 0.175 e. The number of thiophene rings is 1. The van der Waals surface area contributed by atoms with Crippen molar-refractivity contribution in [3.8, 4) is 10.4 Å². The summed E-state index contributed by atoms with van der Waals surface area (Å²) in [4.78, 5) is 13.9. The first-order chi connectivity index (χ1) is 8.49. The molecule has 0 fully saturated rings. The third-order valence-electron chi connectivity index (χ3n) is 2.83. The van der Waals surface area contributed by atoms with Crippen LogP contribution in [0, 0.1) is 12.8 Å². The molecule has 1 nitrogen and oxygen atoms in total. The standard InChI is InChI=1S/C15H15BrOS/c1-9(2)15(17)14-7-6-13(18-14)12-5-4-11(16)8-10(12)3/h4-9H,1-3H3. The molecule has 0 N–H and O–H groups in total. The van der Waals surface area contributed by atoms with Gasteiger partial charge in [-0.3, -0.25) is 4.79 Å². The molecule has 18 heavy (non-hydrogen) atoms. The Morgan fingerprint density at radius 3 is 2.56 bits per heavy atom. The van der Waals surface area contributed by atoms with Crippen molar-refractivity contribution in [2.24, 2.45) is 5.92 Å². The van der Waals surface area contributed by atoms with Gasteiger partial charge in [-0.25, -0.2) is 0 Å². The van der Waals surface area contributed by atoms with Gasteiger partial charge in [0.15, 0.2) is 5.78 Å². The van der Waals surface area contributed by atoms with Gasteiger partial charge < -0.3 is 0 Å². The maximum atomic E-state index is 11.9. The Bertz CT molecular complexity index is 584. The highest BCUT2D eigenvalue weighted by Crippen LogP contribution is 2.32. The van der Waals surface area contributed by atoms with Crippen LogP contribution in [0.5, 0.6) is 0 Å². The van der Waals surface area contributed by atoms with Gasteiger partial charge in [0.2, 0.25) is 0 Å². The Morgan fingerprint density at radius 1 is 1.22 bits per heavy atom. The fourth-order valence-electron chi connectivity index (χ4n) is 1.80. The summed E-state index contributed by atoms with van der Waals surface area (Å²) in [5.41, 5.74) is 2.42. The molecule has 0 aliphatic carbocycles. The van der Waals surface area contributed by atoms with Crippen LogP contribution in [0.1, 0.15) is 29.1 Å². The van der Waals surface area contributed by atoms with Crippen molar-refractivity contribution in [1.29, 1.82) is 0 Å². The van der Waals surface area contributed by atoms with Gasteiger partial charge in [0.05, 0.1) is 4.88 Å². The lowest BCUT2D eigenvalue weighted by atomic mass is 10.1. The maximum Gasteiger partial charge on any atom is 0.175 e. The second-order valence-corrected chi connectivity index (χ2v) is 6.64. The molecule has 1 heterocycles. The Kier molecular flexibility index (Phi) is 4.03. The molecular weight excluding hydrogens is 308 g/mol. The van der Waals surface area contributed by atoms with Crippen molar-refractivity contribution in [2.75, 3.05) is 0 Å². The topological polar surface area (TPSA) is 17.1 Å². The van der Waals surface area contributed by atoms with Crippen LogP contribution >= 0.6 is 27.3 Å². The highest BCUT2D eigenvalue weighted by Gasteiger charge is 2.14. The molecule has 0 spiro atoms. The van der Waals surface area contributed by atoms with Crippen molar-refractivity contribution >= 4 is 33.0 Å². The predicted octanol–water partition coefficient (Wildman–Crippen LogP) is 5.32. The van der Waals surface area contributed by atoms with E-state index in [1.807, 2.05) is 32.0 Å². The van der Waals surface area contributed by atoms with Crippen molar-refractivity contribution in [1.82, 2.24) is 0 Å². The van der Waals surface area contributed by atoms with Crippen LogP contribution < -0.4 is 0 Å². The third kappa shape index (κ3) is 2.73. The quantitative estimate of drug-likeness (QED) is 0.698. The van der Waals surface area contributed by atoms with Crippen molar-refractivity contribution in [3.63, 3.8) is 0 Å². The van der Waals surface area contributed by atoms with Gasteiger partial charge in [0.1, 0.15) is 0 Å². The number of hydrogen-bond donors (Lipinski definition) is 0. The highest BCUT2D eigenvalue weighted by molar-refractivity contribution is 9.10. The summed E-state index contributed by atoms with van der Waals surface area (Å²) in [6.07, 6.45) is 0. The van der Waals surface area contributed by atoms with Gasteiger partial charge in [0, 0.05) is 15.3 Å². The number of carbonyl (C=O) groups excluding carboxylic acids is 1. The average molecular weight is 323 g/mol. The molecule has 0 amide bonds. The van der Waals surface area contributed by atoms with E-state index in [1.165, 1.54) is 11.1 Å². The minimum absolute atomic E-state index is 0.0579. The second-order valence-electron chi connectivity index (χ2n) is 4.64. The molecule has 0 bridgehead atoms. The van der Waals surface area contributed by atoms with E-state index in [9.17, 15) is 4.79 Å². The van der Waals surface area contributed by atoms with E-state index in [-0.39, 0.29) is 11.7 Å². The first-order valence-corrected chi connectivity index (χ1v) is 7.50. The molecule has 2 rings (SSSR count). The molecule has 0 aliphatic heterocycles. The molecule has 0 atom stereocenters. The molecule has 0 saturated carbocycles. The average Bonchev–Trinajstić information content (AvgIpc) is 2.77. The minimum atomic E-state index is 0.0579. The Morgan fingerprint density at radius 2 is 1.94 bits per heavy atom. The van der Waals surface area contributed by atoms with Crippen LogP contribution in [0.15, 0.2) is 34.8 Å². The van der Waals surface area contributed by atoms with Crippen molar-refractivity contribution < 1.29 is 4.79 Å². The van der Waals surface area contributed by atoms with E-state index in [0.717, 1.165) is 14.2 Å². The summed E-state index contributed by atoms with van der Waals surface area (Å²) >= 11 is 5.04. The number of Topliss-reactive ketones (excluding diaryl/α,β-unsaturated/α-hetero) is 1. The van der Waals surface area contributed by atoms with E-state index in [2.05, 4.69) is 35.0 Å². The van der Waals surface area contributed by atoms with E-state index >= 15 is 0 Å². The fraction of sp³-hybridized carbons (Fsp3) is 0.267. The van der Waals surface area contributed by atoms with Gasteiger partial charge in [-0.05, 0) is 42.3 Å². The van der Waals surface area contributed by atoms with Gasteiger partial charge in [-0.1, -0.05) is 35.8 Å². The van der Waals surface area contributed by atoms with Crippen molar-refractivity contribution in [3.05, 3.63) is 45.2 Å². The molecule has 1 aromatic carbocycles. The zero-order chi connectivity index (χ0) is 13.3. The lowest BCUT2D eigenvalue weighted by Crippen LogP contribution is -2.04. The zero-order valence-electron chi connectivity index (χ0n) is 10.7. The normalized spacial score (nSPS) is 10.9. The zero-order valence-corrected chi connectivity index (χ0v) is 13.1. The summed E-state index contributed by atoms with van der Waals surface area (Å²) in [7, 11) is 0. The number of carbonyl (C=O) groups is 1. The number of rotatable bonds is 3. The van der Waals surface area contributed by atoms with Crippen LogP contribution in [0.25, 0.3) is 10.4 Å². The lowest BCUT2D eigenvalue weighted by Gasteiger charge is -2.03. The molecule has 0 radical (unpaired) electrons. The largest absolute Gasteiger partial charge is 0.293 e. The molecule has 0 unspecified atom stereocenters. The van der Waals surface area contributed by atoms with Crippen molar-refractivity contribution in [2.45, 2.75) is 20.8 Å². The summed E-state index contributed by atoms with van der Waals surface area (Å²) in [5, 5.41) is 0. The van der Waals surface area contributed by atoms with Gasteiger partial charge >= 0.3 is 0 Å². The SMILES string of the molecule is Cc1cc(Br)ccc1-c1ccc(C(=O)C(C)C)s1. The molecule has 94 valence electrons. The first-order valence-electron chi connectivity index (χ1n) is 5.89. The van der Waals surface area contributed by atoms with E-state index < -0.39 is 0 Å². The minimum Gasteiger partial charge on any atom is -0.293 e. The second kappa shape index (κ2) is 5.37. The maximum absolute atomic E-state index is 11.9. The molecule has 0 saturated heterocycles. The summed E-state index contributed by atoms with van der Waals surface area (Å²) < 4.78 is 1.08. The van der Waals surface area contributed by atoms with E-state index in [0.29, 0.717) is 0 Å². The van der Waals surface area contributed by atoms with Gasteiger partial charge in [0.25, 0.3) is 0 Å². The molecule has 2 aromatic rings. The van der Waals surface area contributed by atoms with Crippen LogP contribution in [0.2, 0.25) is 0 Å². The van der Waals surface area contributed by atoms with Crippen LogP contribution in [-0.4, -0.2) is 5.78 Å². The van der Waals surface area contributed by atoms with E-state index in [1.54, 1.807) is 11.3 Å². The van der Waals surface area contributed by atoms with Gasteiger partial charge in [-0.2, -0.15) is 0 Å². The van der Waals surface area contributed by atoms with E-state index in [4.69, 9.17) is 0 Å². The number of ketones is 1. The predicted molar refractivity (Wildman–Crippen MR) is 81.4 cm³/mol. The number of benzene rings is 1. The summed E-state index contributed by atoms with van der Waals surface area (Å²) in [6.45, 7) is 5.96. The third-order valence-corrected chi connectivity index (χ3v) is 4.45. The molecule has 1 aromatic heterocycles. The van der Waals surface area contributed by atoms with Crippen LogP contribution in [-0.2, 0) is 0 Å². The summed E-state index contributed by atoms with van der Waals surface area (Å²) in [6, 6.07) is 10.2. The molecule has 3 heteroatoms. The summed E-state index contributed by atoms with van der Waals surface area (Å²) in [5.74, 6) is 0.281. The lowest BCUT2D eigenvalue weighted by molar-refractivity contribution is 0.0943. The van der Waals surface area contributed by atoms with Gasteiger partial charge in [-0.15, -0.1) is 11.3 Å². The number of halogens is 1. The molecule has 0 aliphatic rings. The fourth-order valence-corrected chi connectivity index (χ4v) is 3.46. The Labute approximate surface area is 120 Å². The number of hydrogen-bond acceptors (Lipinski definition) is 2. The molecular formula is C15H15BrOS. The Hall–Kier alpha value is -0.930. The van der Waals surface area contributed by atoms with Crippen LogP contribution in [0.4, 0.5) is 0 Å². The monoisotopic (exact) mass is 322 g/mol.